The first kappa shape index (κ1) is 12.5. The molecular formula is C9H19NO2S. The Morgan fingerprint density at radius 1 is 1.15 bits per heavy atom. The van der Waals surface area contributed by atoms with E-state index in [0.717, 1.165) is 18.7 Å². The number of rotatable bonds is 5. The molecule has 0 bridgehead atoms. The van der Waals surface area contributed by atoms with Crippen molar-refractivity contribution in [1.82, 2.24) is 5.32 Å². The lowest BCUT2D eigenvalue weighted by molar-refractivity contribution is 0.604. The molecule has 0 rings (SSSR count). The number of allylic oxidation sites excluding steroid dienone is 2. The lowest BCUT2D eigenvalue weighted by Gasteiger charge is -2.12. The van der Waals surface area contributed by atoms with Crippen molar-refractivity contribution in [2.24, 2.45) is 0 Å². The van der Waals surface area contributed by atoms with E-state index in [1.165, 1.54) is 6.26 Å². The Kier molecular flexibility index (Phi) is 5.06. The molecule has 0 spiro atoms. The van der Waals surface area contributed by atoms with Gasteiger partial charge in [0.1, 0.15) is 0 Å². The summed E-state index contributed by atoms with van der Waals surface area (Å²) in [5.74, 6) is 0. The van der Waals surface area contributed by atoms with Gasteiger partial charge in [-0.15, -0.1) is 0 Å². The second kappa shape index (κ2) is 5.27. The third-order valence-corrected chi connectivity index (χ3v) is 3.28. The van der Waals surface area contributed by atoms with Gasteiger partial charge in [0.25, 0.3) is 0 Å². The highest BCUT2D eigenvalue weighted by Crippen LogP contribution is 2.15. The lowest BCUT2D eigenvalue weighted by Crippen LogP contribution is -2.17. The summed E-state index contributed by atoms with van der Waals surface area (Å²) in [6.07, 6.45) is 2.57. The highest BCUT2D eigenvalue weighted by atomic mass is 32.2. The molecule has 0 saturated carbocycles. The van der Waals surface area contributed by atoms with E-state index in [1.807, 2.05) is 20.8 Å². The lowest BCUT2D eigenvalue weighted by atomic mass is 10.3. The Balaban J connectivity index is 5.06. The van der Waals surface area contributed by atoms with Crippen LogP contribution in [0.1, 0.15) is 33.6 Å². The van der Waals surface area contributed by atoms with Gasteiger partial charge in [-0.3, -0.25) is 0 Å². The number of sulfone groups is 1. The largest absolute Gasteiger partial charge is 0.388 e. The van der Waals surface area contributed by atoms with E-state index >= 15 is 0 Å². The van der Waals surface area contributed by atoms with Crippen LogP contribution in [-0.4, -0.2) is 21.2 Å². The maximum atomic E-state index is 11.3. The van der Waals surface area contributed by atoms with Gasteiger partial charge in [-0.2, -0.15) is 0 Å². The summed E-state index contributed by atoms with van der Waals surface area (Å²) in [7, 11) is -3.03. The van der Waals surface area contributed by atoms with Gasteiger partial charge in [-0.25, -0.2) is 8.42 Å². The van der Waals surface area contributed by atoms with Gasteiger partial charge in [0.05, 0.1) is 4.91 Å². The van der Waals surface area contributed by atoms with E-state index in [2.05, 4.69) is 5.32 Å². The molecule has 0 atom stereocenters. The normalized spacial score (nSPS) is 13.8. The van der Waals surface area contributed by atoms with Crippen molar-refractivity contribution in [2.45, 2.75) is 33.6 Å². The summed E-state index contributed by atoms with van der Waals surface area (Å²) < 4.78 is 22.7. The SMILES string of the molecule is CCN/C(CC)=C(/CC)S(C)(=O)=O. The minimum Gasteiger partial charge on any atom is -0.388 e. The second-order valence-electron chi connectivity index (χ2n) is 2.91. The molecule has 3 nitrogen and oxygen atoms in total. The molecule has 0 aliphatic carbocycles. The van der Waals surface area contributed by atoms with Gasteiger partial charge in [-0.05, 0) is 19.8 Å². The predicted octanol–water partition coefficient (Wildman–Crippen LogP) is 1.67. The Labute approximate surface area is 81.1 Å². The molecule has 4 heteroatoms. The van der Waals surface area contributed by atoms with Crippen LogP contribution in [0.25, 0.3) is 0 Å². The van der Waals surface area contributed by atoms with Gasteiger partial charge >= 0.3 is 0 Å². The molecule has 0 aromatic heterocycles. The van der Waals surface area contributed by atoms with Gasteiger partial charge < -0.3 is 5.32 Å². The second-order valence-corrected chi connectivity index (χ2v) is 4.95. The van der Waals surface area contributed by atoms with E-state index in [4.69, 9.17) is 0 Å². The first-order chi connectivity index (χ1) is 5.97. The molecule has 0 aromatic rings. The Hall–Kier alpha value is -0.510. The third kappa shape index (κ3) is 3.81. The third-order valence-electron chi connectivity index (χ3n) is 1.85. The average molecular weight is 205 g/mol. The first-order valence-electron chi connectivity index (χ1n) is 4.63. The summed E-state index contributed by atoms with van der Waals surface area (Å²) in [5, 5.41) is 3.09. The van der Waals surface area contributed by atoms with Crippen LogP contribution in [0.4, 0.5) is 0 Å². The van der Waals surface area contributed by atoms with Crippen molar-refractivity contribution < 1.29 is 8.42 Å². The molecule has 78 valence electrons. The molecule has 0 unspecified atom stereocenters. The number of hydrogen-bond acceptors (Lipinski definition) is 3. The quantitative estimate of drug-likeness (QED) is 0.742. The van der Waals surface area contributed by atoms with Crippen molar-refractivity contribution in [3.05, 3.63) is 10.6 Å². The molecule has 0 aliphatic rings. The van der Waals surface area contributed by atoms with Gasteiger partial charge in [-0.1, -0.05) is 13.8 Å². The molecular weight excluding hydrogens is 186 g/mol. The highest BCUT2D eigenvalue weighted by molar-refractivity contribution is 7.94. The fourth-order valence-corrected chi connectivity index (χ4v) is 2.52. The van der Waals surface area contributed by atoms with Crippen LogP contribution in [0.15, 0.2) is 10.6 Å². The fourth-order valence-electron chi connectivity index (χ4n) is 1.33. The minimum absolute atomic E-state index is 0.539. The monoisotopic (exact) mass is 205 g/mol. The van der Waals surface area contributed by atoms with Crippen molar-refractivity contribution in [1.29, 1.82) is 0 Å². The molecule has 0 radical (unpaired) electrons. The Morgan fingerprint density at radius 2 is 1.69 bits per heavy atom. The van der Waals surface area contributed by atoms with Crippen molar-refractivity contribution in [2.75, 3.05) is 12.8 Å². The van der Waals surface area contributed by atoms with Gasteiger partial charge in [0.15, 0.2) is 9.84 Å². The molecule has 0 amide bonds. The van der Waals surface area contributed by atoms with Crippen molar-refractivity contribution in [3.8, 4) is 0 Å². The van der Waals surface area contributed by atoms with E-state index < -0.39 is 9.84 Å². The highest BCUT2D eigenvalue weighted by Gasteiger charge is 2.13. The van der Waals surface area contributed by atoms with E-state index in [0.29, 0.717) is 11.3 Å². The van der Waals surface area contributed by atoms with Crippen molar-refractivity contribution in [3.63, 3.8) is 0 Å². The zero-order valence-corrected chi connectivity index (χ0v) is 9.66. The van der Waals surface area contributed by atoms with Crippen LogP contribution in [-0.2, 0) is 9.84 Å². The molecule has 0 aromatic carbocycles. The summed E-state index contributed by atoms with van der Waals surface area (Å²) >= 11 is 0. The van der Waals surface area contributed by atoms with Crippen LogP contribution in [0, 0.1) is 0 Å². The standard InChI is InChI=1S/C9H19NO2S/c1-5-8(10-7-3)9(6-2)13(4,11)12/h10H,5-7H2,1-4H3/b9-8-. The summed E-state index contributed by atoms with van der Waals surface area (Å²) in [6.45, 7) is 6.55. The maximum Gasteiger partial charge on any atom is 0.173 e. The zero-order chi connectivity index (χ0) is 10.5. The fraction of sp³-hybridized carbons (Fsp3) is 0.778. The molecule has 1 N–H and O–H groups in total. The van der Waals surface area contributed by atoms with E-state index in [-0.39, 0.29) is 0 Å². The van der Waals surface area contributed by atoms with Crippen LogP contribution >= 0.6 is 0 Å². The minimum atomic E-state index is -3.03. The molecule has 13 heavy (non-hydrogen) atoms. The number of nitrogens with one attached hydrogen (secondary N) is 1. The van der Waals surface area contributed by atoms with Crippen LogP contribution in [0.3, 0.4) is 0 Å². The Bertz CT molecular complexity index is 278. The van der Waals surface area contributed by atoms with Crippen molar-refractivity contribution >= 4 is 9.84 Å². The molecule has 0 heterocycles. The van der Waals surface area contributed by atoms with E-state index in [9.17, 15) is 8.42 Å². The molecule has 0 saturated heterocycles. The Morgan fingerprint density at radius 3 is 1.92 bits per heavy atom. The topological polar surface area (TPSA) is 46.2 Å². The predicted molar refractivity (Wildman–Crippen MR) is 56.1 cm³/mol. The summed E-state index contributed by atoms with van der Waals surface area (Å²) in [6, 6.07) is 0. The smallest absolute Gasteiger partial charge is 0.173 e. The summed E-state index contributed by atoms with van der Waals surface area (Å²) in [5.41, 5.74) is 0.854. The molecule has 0 aliphatic heterocycles. The maximum absolute atomic E-state index is 11.3. The molecule has 0 fully saturated rings. The van der Waals surface area contributed by atoms with Gasteiger partial charge in [0.2, 0.25) is 0 Å². The van der Waals surface area contributed by atoms with Crippen LogP contribution < -0.4 is 5.32 Å². The zero-order valence-electron chi connectivity index (χ0n) is 8.85. The van der Waals surface area contributed by atoms with E-state index in [1.54, 1.807) is 0 Å². The average Bonchev–Trinajstić information content (AvgIpc) is 2.01. The summed E-state index contributed by atoms with van der Waals surface area (Å²) in [4.78, 5) is 0.539. The van der Waals surface area contributed by atoms with Gasteiger partial charge in [0, 0.05) is 18.5 Å². The van der Waals surface area contributed by atoms with Crippen LogP contribution in [0.2, 0.25) is 0 Å². The number of hydrogen-bond donors (Lipinski definition) is 1. The first-order valence-corrected chi connectivity index (χ1v) is 6.52. The van der Waals surface area contributed by atoms with Crippen LogP contribution in [0.5, 0.6) is 0 Å².